The van der Waals surface area contributed by atoms with E-state index < -0.39 is 9.85 Å². The van der Waals surface area contributed by atoms with Crippen molar-refractivity contribution in [2.45, 2.75) is 13.2 Å². The van der Waals surface area contributed by atoms with E-state index in [1.165, 1.54) is 24.4 Å². The summed E-state index contributed by atoms with van der Waals surface area (Å²) in [5.74, 6) is 0.351. The lowest BCUT2D eigenvalue weighted by atomic mass is 10.2. The number of non-ortho nitro benzene ring substituents is 1. The average Bonchev–Trinajstić information content (AvgIpc) is 3.15. The Labute approximate surface area is 202 Å². The number of hydrogen-bond acceptors (Lipinski definition) is 7. The van der Waals surface area contributed by atoms with Crippen LogP contribution in [0.5, 0.6) is 0 Å². The Morgan fingerprint density at radius 2 is 1.79 bits per heavy atom. The summed E-state index contributed by atoms with van der Waals surface area (Å²) in [7, 11) is 0. The highest BCUT2D eigenvalue weighted by atomic mass is 35.5. The van der Waals surface area contributed by atoms with E-state index in [1.54, 1.807) is 47.0 Å². The van der Waals surface area contributed by atoms with Crippen molar-refractivity contribution in [1.82, 2.24) is 9.55 Å². The van der Waals surface area contributed by atoms with Crippen molar-refractivity contribution in [1.29, 1.82) is 0 Å². The Morgan fingerprint density at radius 1 is 1.00 bits per heavy atom. The first-order valence-electron chi connectivity index (χ1n) is 9.79. The fourth-order valence-electron chi connectivity index (χ4n) is 3.34. The Hall–Kier alpha value is -4.02. The molecule has 1 aromatic heterocycles. The smallest absolute Gasteiger partial charge is 0.276 e. The third kappa shape index (κ3) is 4.98. The summed E-state index contributed by atoms with van der Waals surface area (Å²) in [4.78, 5) is 31.0. The molecule has 0 unspecified atom stereocenters. The van der Waals surface area contributed by atoms with Gasteiger partial charge < -0.3 is 9.40 Å². The number of nitro groups is 2. The minimum absolute atomic E-state index is 0.0744. The normalized spacial score (nSPS) is 11.2. The Bertz CT molecular complexity index is 1440. The van der Waals surface area contributed by atoms with E-state index in [0.29, 0.717) is 32.5 Å². The molecule has 10 nitrogen and oxygen atoms in total. The van der Waals surface area contributed by atoms with Gasteiger partial charge in [-0.05, 0) is 29.8 Å². The predicted octanol–water partition coefficient (Wildman–Crippen LogP) is 5.76. The van der Waals surface area contributed by atoms with Crippen LogP contribution in [-0.2, 0) is 18.0 Å². The highest BCUT2D eigenvalue weighted by Gasteiger charge is 2.16. The number of nitro benzene ring substituents is 2. The van der Waals surface area contributed by atoms with Crippen molar-refractivity contribution in [2.24, 2.45) is 5.16 Å². The molecule has 0 fully saturated rings. The molecule has 0 aliphatic heterocycles. The molecular formula is C22H15Cl2N5O5. The SMILES string of the molecule is O=[N+]([O-])c1ccc2c(c1)nc(C=NOCc1ccccc1[N+](=O)[O-])n2Cc1ccc(Cl)cc1Cl. The number of fused-ring (bicyclic) bond motifs is 1. The largest absolute Gasteiger partial charge is 0.391 e. The maximum absolute atomic E-state index is 11.2. The number of benzene rings is 3. The Morgan fingerprint density at radius 3 is 2.53 bits per heavy atom. The van der Waals surface area contributed by atoms with Gasteiger partial charge in [-0.3, -0.25) is 20.2 Å². The lowest BCUT2D eigenvalue weighted by molar-refractivity contribution is -0.386. The molecule has 0 saturated carbocycles. The second kappa shape index (κ2) is 9.86. The minimum Gasteiger partial charge on any atom is -0.391 e. The van der Waals surface area contributed by atoms with Crippen molar-refractivity contribution in [3.05, 3.63) is 108 Å². The fraction of sp³-hybridized carbons (Fsp3) is 0.0909. The van der Waals surface area contributed by atoms with Gasteiger partial charge in [0.1, 0.15) is 12.8 Å². The van der Waals surface area contributed by atoms with Gasteiger partial charge in [0.05, 0.1) is 33.0 Å². The highest BCUT2D eigenvalue weighted by molar-refractivity contribution is 6.35. The third-order valence-corrected chi connectivity index (χ3v) is 5.55. The van der Waals surface area contributed by atoms with E-state index in [1.807, 2.05) is 0 Å². The minimum atomic E-state index is -0.502. The van der Waals surface area contributed by atoms with E-state index in [9.17, 15) is 20.2 Å². The maximum atomic E-state index is 11.2. The van der Waals surface area contributed by atoms with Crippen LogP contribution >= 0.6 is 23.2 Å². The van der Waals surface area contributed by atoms with Crippen LogP contribution in [0.2, 0.25) is 10.0 Å². The summed E-state index contributed by atoms with van der Waals surface area (Å²) in [6.07, 6.45) is 1.34. The summed E-state index contributed by atoms with van der Waals surface area (Å²) in [6.45, 7) is 0.165. The zero-order chi connectivity index (χ0) is 24.2. The fourth-order valence-corrected chi connectivity index (χ4v) is 3.81. The van der Waals surface area contributed by atoms with Gasteiger partial charge in [-0.15, -0.1) is 0 Å². The Kier molecular flexibility index (Phi) is 6.71. The first kappa shape index (κ1) is 23.1. The number of imidazole rings is 1. The van der Waals surface area contributed by atoms with Crippen LogP contribution in [0.4, 0.5) is 11.4 Å². The highest BCUT2D eigenvalue weighted by Crippen LogP contribution is 2.26. The van der Waals surface area contributed by atoms with Gasteiger partial charge >= 0.3 is 0 Å². The molecule has 0 bridgehead atoms. The van der Waals surface area contributed by atoms with Crippen LogP contribution in [0, 0.1) is 20.2 Å². The molecule has 0 aliphatic carbocycles. The van der Waals surface area contributed by atoms with Gasteiger partial charge in [-0.25, -0.2) is 4.98 Å². The first-order valence-corrected chi connectivity index (χ1v) is 10.6. The number of halogens is 2. The molecule has 0 radical (unpaired) electrons. The van der Waals surface area contributed by atoms with Crippen molar-refractivity contribution in [3.63, 3.8) is 0 Å². The zero-order valence-electron chi connectivity index (χ0n) is 17.3. The van der Waals surface area contributed by atoms with E-state index in [-0.39, 0.29) is 24.5 Å². The number of hydrogen-bond donors (Lipinski definition) is 0. The molecule has 3 aromatic carbocycles. The molecule has 0 spiro atoms. The lowest BCUT2D eigenvalue weighted by Crippen LogP contribution is -2.05. The van der Waals surface area contributed by atoms with Crippen LogP contribution in [0.3, 0.4) is 0 Å². The molecule has 0 atom stereocenters. The zero-order valence-corrected chi connectivity index (χ0v) is 18.8. The Balaban J connectivity index is 1.65. The van der Waals surface area contributed by atoms with E-state index in [2.05, 4.69) is 10.1 Å². The second-order valence-corrected chi connectivity index (χ2v) is 7.96. The monoisotopic (exact) mass is 499 g/mol. The van der Waals surface area contributed by atoms with E-state index in [0.717, 1.165) is 5.56 Å². The molecular weight excluding hydrogens is 485 g/mol. The molecule has 0 N–H and O–H groups in total. The van der Waals surface area contributed by atoms with Gasteiger partial charge in [0.2, 0.25) is 0 Å². The summed E-state index contributed by atoms with van der Waals surface area (Å²) in [5, 5.41) is 27.2. The van der Waals surface area contributed by atoms with Crippen molar-refractivity contribution < 1.29 is 14.7 Å². The maximum Gasteiger partial charge on any atom is 0.276 e. The number of oxime groups is 1. The van der Waals surface area contributed by atoms with E-state index in [4.69, 9.17) is 28.0 Å². The van der Waals surface area contributed by atoms with Crippen molar-refractivity contribution in [2.75, 3.05) is 0 Å². The number of rotatable bonds is 8. The van der Waals surface area contributed by atoms with Crippen LogP contribution in [0.15, 0.2) is 65.8 Å². The van der Waals surface area contributed by atoms with Crippen LogP contribution < -0.4 is 0 Å². The summed E-state index contributed by atoms with van der Waals surface area (Å²) >= 11 is 12.3. The van der Waals surface area contributed by atoms with Gasteiger partial charge in [0.15, 0.2) is 5.82 Å². The van der Waals surface area contributed by atoms with Crippen molar-refractivity contribution >= 4 is 51.8 Å². The van der Waals surface area contributed by atoms with Crippen LogP contribution in [-0.4, -0.2) is 25.6 Å². The predicted molar refractivity (Wildman–Crippen MR) is 127 cm³/mol. The summed E-state index contributed by atoms with van der Waals surface area (Å²) in [5.41, 5.74) is 1.95. The molecule has 0 amide bonds. The lowest BCUT2D eigenvalue weighted by Gasteiger charge is -2.09. The molecule has 0 saturated heterocycles. The van der Waals surface area contributed by atoms with Gasteiger partial charge in [-0.2, -0.15) is 0 Å². The first-order chi connectivity index (χ1) is 16.3. The van der Waals surface area contributed by atoms with Crippen LogP contribution in [0.25, 0.3) is 11.0 Å². The standard InChI is InChI=1S/C22H15Cl2N5O5/c23-16-6-5-14(18(24)9-16)12-27-21-8-7-17(28(30)31)10-19(21)26-22(27)11-25-34-13-15-3-1-2-4-20(15)29(32)33/h1-11H,12-13H2. The van der Waals surface area contributed by atoms with Crippen molar-refractivity contribution in [3.8, 4) is 0 Å². The average molecular weight is 500 g/mol. The number of aromatic nitrogens is 2. The third-order valence-electron chi connectivity index (χ3n) is 4.97. The molecule has 0 aliphatic rings. The molecule has 172 valence electrons. The van der Waals surface area contributed by atoms with Gasteiger partial charge in [-0.1, -0.05) is 46.6 Å². The van der Waals surface area contributed by atoms with Gasteiger partial charge in [0, 0.05) is 28.2 Å². The van der Waals surface area contributed by atoms with Gasteiger partial charge in [0.25, 0.3) is 11.4 Å². The molecule has 34 heavy (non-hydrogen) atoms. The molecule has 4 aromatic rings. The number of para-hydroxylation sites is 1. The van der Waals surface area contributed by atoms with Crippen LogP contribution in [0.1, 0.15) is 17.0 Å². The quantitative estimate of drug-likeness (QED) is 0.172. The number of nitrogens with zero attached hydrogens (tertiary/aromatic N) is 5. The molecule has 4 rings (SSSR count). The molecule has 12 heteroatoms. The summed E-state index contributed by atoms with van der Waals surface area (Å²) < 4.78 is 1.77. The topological polar surface area (TPSA) is 126 Å². The second-order valence-electron chi connectivity index (χ2n) is 7.12. The molecule has 1 heterocycles. The van der Waals surface area contributed by atoms with E-state index >= 15 is 0 Å². The summed E-state index contributed by atoms with van der Waals surface area (Å²) in [6, 6.07) is 15.6.